The number of benzene rings is 1. The van der Waals surface area contributed by atoms with E-state index in [0.29, 0.717) is 18.0 Å². The third-order valence-electron chi connectivity index (χ3n) is 2.50. The number of nitrogen functional groups attached to an aromatic ring is 2. The molecule has 1 aromatic carbocycles. The monoisotopic (exact) mass is 223 g/mol. The first kappa shape index (κ1) is 12.6. The SMILES string of the molecule is Nc1ccc(NCCCCCCO)cc1N. The van der Waals surface area contributed by atoms with E-state index in [0.717, 1.165) is 37.9 Å². The van der Waals surface area contributed by atoms with E-state index in [1.54, 1.807) is 0 Å². The summed E-state index contributed by atoms with van der Waals surface area (Å²) in [4.78, 5) is 0. The van der Waals surface area contributed by atoms with E-state index >= 15 is 0 Å². The summed E-state index contributed by atoms with van der Waals surface area (Å²) in [5.74, 6) is 0. The quantitative estimate of drug-likeness (QED) is 0.419. The van der Waals surface area contributed by atoms with Gasteiger partial charge in [-0.1, -0.05) is 12.8 Å². The molecule has 0 aliphatic heterocycles. The highest BCUT2D eigenvalue weighted by atomic mass is 16.2. The average molecular weight is 223 g/mol. The number of hydrogen-bond acceptors (Lipinski definition) is 4. The zero-order valence-electron chi connectivity index (χ0n) is 9.58. The van der Waals surface area contributed by atoms with Crippen molar-refractivity contribution in [2.75, 3.05) is 29.9 Å². The predicted octanol–water partition coefficient (Wildman–Crippen LogP) is 1.82. The second-order valence-corrected chi connectivity index (χ2v) is 3.91. The summed E-state index contributed by atoms with van der Waals surface area (Å²) in [6.07, 6.45) is 4.22. The van der Waals surface area contributed by atoms with E-state index in [1.807, 2.05) is 18.2 Å². The normalized spacial score (nSPS) is 10.3. The van der Waals surface area contributed by atoms with Crippen LogP contribution in [0.3, 0.4) is 0 Å². The fraction of sp³-hybridized carbons (Fsp3) is 0.500. The van der Waals surface area contributed by atoms with Gasteiger partial charge in [0.05, 0.1) is 11.4 Å². The lowest BCUT2D eigenvalue weighted by Crippen LogP contribution is -2.03. The molecule has 0 fully saturated rings. The Morgan fingerprint density at radius 2 is 1.75 bits per heavy atom. The van der Waals surface area contributed by atoms with Gasteiger partial charge in [-0.2, -0.15) is 0 Å². The van der Waals surface area contributed by atoms with Crippen LogP contribution in [0.15, 0.2) is 18.2 Å². The first-order chi connectivity index (χ1) is 7.74. The van der Waals surface area contributed by atoms with Gasteiger partial charge in [0.25, 0.3) is 0 Å². The Kier molecular flexibility index (Phi) is 5.50. The number of rotatable bonds is 7. The van der Waals surface area contributed by atoms with E-state index in [1.165, 1.54) is 0 Å². The van der Waals surface area contributed by atoms with Gasteiger partial charge in [-0.25, -0.2) is 0 Å². The molecule has 4 nitrogen and oxygen atoms in total. The zero-order valence-corrected chi connectivity index (χ0v) is 9.58. The second kappa shape index (κ2) is 6.95. The summed E-state index contributed by atoms with van der Waals surface area (Å²) in [7, 11) is 0. The lowest BCUT2D eigenvalue weighted by atomic mass is 10.2. The highest BCUT2D eigenvalue weighted by Crippen LogP contribution is 2.19. The minimum Gasteiger partial charge on any atom is -0.397 e. The number of aliphatic hydroxyl groups excluding tert-OH is 1. The number of nitrogens with two attached hydrogens (primary N) is 2. The van der Waals surface area contributed by atoms with Crippen LogP contribution in [0, 0.1) is 0 Å². The summed E-state index contributed by atoms with van der Waals surface area (Å²) in [5.41, 5.74) is 13.6. The van der Waals surface area contributed by atoms with Gasteiger partial charge in [0.2, 0.25) is 0 Å². The first-order valence-electron chi connectivity index (χ1n) is 5.74. The Labute approximate surface area is 96.6 Å². The van der Waals surface area contributed by atoms with Crippen molar-refractivity contribution in [3.63, 3.8) is 0 Å². The van der Waals surface area contributed by atoms with E-state index in [2.05, 4.69) is 5.32 Å². The molecule has 90 valence electrons. The molecule has 0 atom stereocenters. The average Bonchev–Trinajstić information content (AvgIpc) is 2.28. The number of hydrogen-bond donors (Lipinski definition) is 4. The summed E-state index contributed by atoms with van der Waals surface area (Å²) in [6.45, 7) is 1.22. The van der Waals surface area contributed by atoms with Crippen molar-refractivity contribution in [3.05, 3.63) is 18.2 Å². The summed E-state index contributed by atoms with van der Waals surface area (Å²) < 4.78 is 0. The zero-order chi connectivity index (χ0) is 11.8. The molecule has 1 rings (SSSR count). The van der Waals surface area contributed by atoms with Crippen LogP contribution in [-0.2, 0) is 0 Å². The topological polar surface area (TPSA) is 84.3 Å². The minimum atomic E-state index is 0.294. The molecule has 0 bridgehead atoms. The van der Waals surface area contributed by atoms with E-state index in [9.17, 15) is 0 Å². The molecule has 0 heterocycles. The molecular formula is C12H21N3O. The molecule has 0 radical (unpaired) electrons. The third kappa shape index (κ3) is 4.40. The molecule has 4 heteroatoms. The van der Waals surface area contributed by atoms with Crippen LogP contribution in [0.2, 0.25) is 0 Å². The van der Waals surface area contributed by atoms with Crippen LogP contribution in [0.1, 0.15) is 25.7 Å². The number of anilines is 3. The summed E-state index contributed by atoms with van der Waals surface area (Å²) in [5, 5.41) is 11.9. The molecule has 0 amide bonds. The Morgan fingerprint density at radius 1 is 1.00 bits per heavy atom. The van der Waals surface area contributed by atoms with Gasteiger partial charge >= 0.3 is 0 Å². The van der Waals surface area contributed by atoms with Crippen LogP contribution >= 0.6 is 0 Å². The van der Waals surface area contributed by atoms with Crippen molar-refractivity contribution in [2.45, 2.75) is 25.7 Å². The maximum Gasteiger partial charge on any atom is 0.0568 e. The molecule has 0 saturated heterocycles. The van der Waals surface area contributed by atoms with Gasteiger partial charge in [-0.05, 0) is 31.0 Å². The fourth-order valence-corrected chi connectivity index (χ4v) is 1.51. The van der Waals surface area contributed by atoms with Gasteiger partial charge in [-0.15, -0.1) is 0 Å². The molecular weight excluding hydrogens is 202 g/mol. The van der Waals surface area contributed by atoms with Crippen LogP contribution in [0.4, 0.5) is 17.1 Å². The van der Waals surface area contributed by atoms with Crippen molar-refractivity contribution in [1.82, 2.24) is 0 Å². The highest BCUT2D eigenvalue weighted by molar-refractivity contribution is 5.69. The fourth-order valence-electron chi connectivity index (χ4n) is 1.51. The number of unbranched alkanes of at least 4 members (excludes halogenated alkanes) is 3. The van der Waals surface area contributed by atoms with Crippen LogP contribution < -0.4 is 16.8 Å². The molecule has 0 aromatic heterocycles. The van der Waals surface area contributed by atoms with E-state index in [-0.39, 0.29) is 0 Å². The number of nitrogens with one attached hydrogen (secondary N) is 1. The first-order valence-corrected chi connectivity index (χ1v) is 5.74. The molecule has 0 aliphatic rings. The molecule has 0 saturated carbocycles. The largest absolute Gasteiger partial charge is 0.397 e. The lowest BCUT2D eigenvalue weighted by Gasteiger charge is -2.08. The Hall–Kier alpha value is -1.42. The molecule has 1 aromatic rings. The Bertz CT molecular complexity index is 315. The number of aliphatic hydroxyl groups is 1. The minimum absolute atomic E-state index is 0.294. The molecule has 0 aliphatic carbocycles. The molecule has 0 spiro atoms. The summed E-state index contributed by atoms with van der Waals surface area (Å²) in [6, 6.07) is 5.59. The van der Waals surface area contributed by atoms with Crippen molar-refractivity contribution >= 4 is 17.1 Å². The Morgan fingerprint density at radius 3 is 2.44 bits per heavy atom. The van der Waals surface area contributed by atoms with Gasteiger partial charge < -0.3 is 21.9 Å². The van der Waals surface area contributed by atoms with Crippen LogP contribution in [-0.4, -0.2) is 18.3 Å². The second-order valence-electron chi connectivity index (χ2n) is 3.91. The van der Waals surface area contributed by atoms with Gasteiger partial charge in [0.15, 0.2) is 0 Å². The van der Waals surface area contributed by atoms with E-state index < -0.39 is 0 Å². The molecule has 16 heavy (non-hydrogen) atoms. The van der Waals surface area contributed by atoms with E-state index in [4.69, 9.17) is 16.6 Å². The Balaban J connectivity index is 2.19. The van der Waals surface area contributed by atoms with Crippen LogP contribution in [0.25, 0.3) is 0 Å². The maximum absolute atomic E-state index is 8.62. The van der Waals surface area contributed by atoms with Crippen molar-refractivity contribution in [1.29, 1.82) is 0 Å². The van der Waals surface area contributed by atoms with Crippen LogP contribution in [0.5, 0.6) is 0 Å². The highest BCUT2D eigenvalue weighted by Gasteiger charge is 1.96. The maximum atomic E-state index is 8.62. The summed E-state index contributed by atoms with van der Waals surface area (Å²) >= 11 is 0. The third-order valence-corrected chi connectivity index (χ3v) is 2.50. The molecule has 0 unspecified atom stereocenters. The van der Waals surface area contributed by atoms with Crippen molar-refractivity contribution < 1.29 is 5.11 Å². The molecule has 6 N–H and O–H groups in total. The van der Waals surface area contributed by atoms with Gasteiger partial charge in [0.1, 0.15) is 0 Å². The van der Waals surface area contributed by atoms with Gasteiger partial charge in [0, 0.05) is 18.8 Å². The van der Waals surface area contributed by atoms with Crippen molar-refractivity contribution in [2.24, 2.45) is 0 Å². The lowest BCUT2D eigenvalue weighted by molar-refractivity contribution is 0.283. The van der Waals surface area contributed by atoms with Crippen molar-refractivity contribution in [3.8, 4) is 0 Å². The standard InChI is InChI=1S/C12H21N3O/c13-11-6-5-10(9-12(11)14)15-7-3-1-2-4-8-16/h5-6,9,15-16H,1-4,7-8,13-14H2. The predicted molar refractivity (Wildman–Crippen MR) is 69.3 cm³/mol. The smallest absolute Gasteiger partial charge is 0.0568 e. The van der Waals surface area contributed by atoms with Gasteiger partial charge in [-0.3, -0.25) is 0 Å².